The van der Waals surface area contributed by atoms with Gasteiger partial charge in [-0.05, 0) is 124 Å². The Kier molecular flexibility index (Phi) is 6.91. The first-order valence-corrected chi connectivity index (χ1v) is 16.6. The van der Waals surface area contributed by atoms with Crippen LogP contribution in [-0.2, 0) is 0 Å². The van der Waals surface area contributed by atoms with Crippen molar-refractivity contribution in [1.29, 1.82) is 0 Å². The smallest absolute Gasteiger partial charge is 0.00992 e. The highest BCUT2D eigenvalue weighted by Crippen LogP contribution is 2.40. The van der Waals surface area contributed by atoms with Gasteiger partial charge >= 0.3 is 0 Å². The molecule has 0 saturated carbocycles. The van der Waals surface area contributed by atoms with Crippen LogP contribution in [0.3, 0.4) is 0 Å². The van der Waals surface area contributed by atoms with Gasteiger partial charge in [0.25, 0.3) is 0 Å². The summed E-state index contributed by atoms with van der Waals surface area (Å²) >= 11 is 0. The molecule has 9 rings (SSSR count). The number of benzene rings is 9. The first kappa shape index (κ1) is 28.0. The molecule has 0 bridgehead atoms. The molecule has 0 atom stereocenters. The largest absolute Gasteiger partial charge is 0.0622 e. The normalized spacial score (nSPS) is 11.3. The second-order valence-electron chi connectivity index (χ2n) is 12.6. The zero-order valence-electron chi connectivity index (χ0n) is 26.5. The Labute approximate surface area is 281 Å². The lowest BCUT2D eigenvalue weighted by Gasteiger charge is -2.16. The molecular weight excluding hydrogens is 577 g/mol. The average Bonchev–Trinajstić information content (AvgIpc) is 3.17. The summed E-state index contributed by atoms with van der Waals surface area (Å²) in [5, 5.41) is 7.52. The Hall–Kier alpha value is -6.24. The molecule has 48 heavy (non-hydrogen) atoms. The molecule has 0 aliphatic rings. The van der Waals surface area contributed by atoms with Crippen molar-refractivity contribution in [3.05, 3.63) is 194 Å². The topological polar surface area (TPSA) is 0 Å². The minimum absolute atomic E-state index is 1.21. The van der Waals surface area contributed by atoms with Crippen molar-refractivity contribution in [1.82, 2.24) is 0 Å². The molecule has 0 N–H and O–H groups in total. The fourth-order valence-corrected chi connectivity index (χ4v) is 7.14. The number of rotatable bonds is 5. The summed E-state index contributed by atoms with van der Waals surface area (Å²) in [6, 6.07) is 70.9. The van der Waals surface area contributed by atoms with Crippen LogP contribution in [0.25, 0.3) is 88.0 Å². The van der Waals surface area contributed by atoms with Crippen LogP contribution >= 0.6 is 0 Å². The predicted octanol–water partition coefficient (Wildman–Crippen LogP) is 13.5. The van der Waals surface area contributed by atoms with Gasteiger partial charge in [-0.1, -0.05) is 158 Å². The van der Waals surface area contributed by atoms with Gasteiger partial charge < -0.3 is 0 Å². The second-order valence-corrected chi connectivity index (χ2v) is 12.6. The summed E-state index contributed by atoms with van der Waals surface area (Å²) < 4.78 is 0. The van der Waals surface area contributed by atoms with Crippen LogP contribution in [0.15, 0.2) is 194 Å². The molecule has 0 aliphatic carbocycles. The Bertz CT molecular complexity index is 2590. The van der Waals surface area contributed by atoms with Gasteiger partial charge in [0.1, 0.15) is 0 Å². The molecule has 0 heteroatoms. The zero-order chi connectivity index (χ0) is 31.9. The predicted molar refractivity (Wildman–Crippen MR) is 206 cm³/mol. The molecule has 0 unspecified atom stereocenters. The zero-order valence-corrected chi connectivity index (χ0v) is 26.5. The molecule has 0 aromatic heterocycles. The van der Waals surface area contributed by atoms with Crippen LogP contribution in [0.4, 0.5) is 0 Å². The molecule has 0 fully saturated rings. The van der Waals surface area contributed by atoms with E-state index in [-0.39, 0.29) is 0 Å². The van der Waals surface area contributed by atoms with Gasteiger partial charge in [0.05, 0.1) is 0 Å². The Morgan fingerprint density at radius 2 is 0.583 bits per heavy atom. The SMILES string of the molecule is c1ccc(-c2cc(-c3ccc4cc(-c5ccccc5)ccc4c3)cc(-c3ccc(-c4ccc5ccccc5c4)c4ccccc34)c2)cc1. The van der Waals surface area contributed by atoms with Crippen LogP contribution in [-0.4, -0.2) is 0 Å². The van der Waals surface area contributed by atoms with E-state index < -0.39 is 0 Å². The molecule has 0 nitrogen and oxygen atoms in total. The van der Waals surface area contributed by atoms with Crippen LogP contribution in [0, 0.1) is 0 Å². The Morgan fingerprint density at radius 3 is 1.23 bits per heavy atom. The average molecular weight is 609 g/mol. The van der Waals surface area contributed by atoms with Crippen molar-refractivity contribution < 1.29 is 0 Å². The standard InChI is InChI=1S/C48H32/c1-3-11-33(12-4-1)37-20-21-39-28-40(23-22-38(39)27-37)43-30-42(34-13-5-2-6-14-34)31-44(32-43)46-26-25-45(47-17-9-10-18-48(46)47)41-24-19-35-15-7-8-16-36(35)29-41/h1-32H. The third-order valence-electron chi connectivity index (χ3n) is 9.62. The van der Waals surface area contributed by atoms with E-state index in [2.05, 4.69) is 194 Å². The van der Waals surface area contributed by atoms with E-state index in [0.29, 0.717) is 0 Å². The van der Waals surface area contributed by atoms with Gasteiger partial charge in [0.15, 0.2) is 0 Å². The van der Waals surface area contributed by atoms with Gasteiger partial charge in [-0.3, -0.25) is 0 Å². The van der Waals surface area contributed by atoms with Crippen molar-refractivity contribution in [2.75, 3.05) is 0 Å². The molecule has 0 spiro atoms. The van der Waals surface area contributed by atoms with Crippen molar-refractivity contribution in [2.24, 2.45) is 0 Å². The van der Waals surface area contributed by atoms with Crippen LogP contribution in [0.5, 0.6) is 0 Å². The monoisotopic (exact) mass is 608 g/mol. The summed E-state index contributed by atoms with van der Waals surface area (Å²) in [5.41, 5.74) is 12.3. The van der Waals surface area contributed by atoms with Gasteiger partial charge in [0, 0.05) is 0 Å². The first-order valence-electron chi connectivity index (χ1n) is 16.6. The maximum Gasteiger partial charge on any atom is -0.00992 e. The van der Waals surface area contributed by atoms with E-state index in [1.54, 1.807) is 0 Å². The van der Waals surface area contributed by atoms with E-state index in [1.165, 1.54) is 88.0 Å². The molecule has 0 aliphatic heterocycles. The summed E-state index contributed by atoms with van der Waals surface area (Å²) in [6.07, 6.45) is 0. The fraction of sp³-hybridized carbons (Fsp3) is 0. The van der Waals surface area contributed by atoms with E-state index in [1.807, 2.05) is 0 Å². The minimum Gasteiger partial charge on any atom is -0.0622 e. The van der Waals surface area contributed by atoms with Crippen molar-refractivity contribution >= 4 is 32.3 Å². The van der Waals surface area contributed by atoms with Gasteiger partial charge in [-0.2, -0.15) is 0 Å². The van der Waals surface area contributed by atoms with Crippen molar-refractivity contribution in [3.8, 4) is 55.6 Å². The first-order chi connectivity index (χ1) is 23.8. The maximum atomic E-state index is 2.36. The van der Waals surface area contributed by atoms with Crippen LogP contribution < -0.4 is 0 Å². The Morgan fingerprint density at radius 1 is 0.188 bits per heavy atom. The maximum absolute atomic E-state index is 2.36. The minimum atomic E-state index is 1.21. The molecule has 9 aromatic carbocycles. The number of fused-ring (bicyclic) bond motifs is 3. The van der Waals surface area contributed by atoms with Crippen LogP contribution in [0.1, 0.15) is 0 Å². The molecule has 224 valence electrons. The van der Waals surface area contributed by atoms with Gasteiger partial charge in [-0.25, -0.2) is 0 Å². The lowest BCUT2D eigenvalue weighted by molar-refractivity contribution is 1.58. The third-order valence-corrected chi connectivity index (χ3v) is 9.62. The summed E-state index contributed by atoms with van der Waals surface area (Å²) in [5.74, 6) is 0. The number of hydrogen-bond donors (Lipinski definition) is 0. The molecule has 0 radical (unpaired) electrons. The lowest BCUT2D eigenvalue weighted by Crippen LogP contribution is -1.89. The molecule has 0 amide bonds. The second kappa shape index (κ2) is 11.8. The van der Waals surface area contributed by atoms with Gasteiger partial charge in [0.2, 0.25) is 0 Å². The van der Waals surface area contributed by atoms with E-state index in [0.717, 1.165) is 0 Å². The van der Waals surface area contributed by atoms with Crippen LogP contribution in [0.2, 0.25) is 0 Å². The molecule has 0 saturated heterocycles. The van der Waals surface area contributed by atoms with Gasteiger partial charge in [-0.15, -0.1) is 0 Å². The molecule has 9 aromatic rings. The fourth-order valence-electron chi connectivity index (χ4n) is 7.14. The highest BCUT2D eigenvalue weighted by molar-refractivity contribution is 6.06. The van der Waals surface area contributed by atoms with E-state index >= 15 is 0 Å². The van der Waals surface area contributed by atoms with Crippen molar-refractivity contribution in [2.45, 2.75) is 0 Å². The quantitative estimate of drug-likeness (QED) is 0.182. The molecule has 0 heterocycles. The Balaban J connectivity index is 1.19. The lowest BCUT2D eigenvalue weighted by atomic mass is 9.88. The highest BCUT2D eigenvalue weighted by Gasteiger charge is 2.13. The van der Waals surface area contributed by atoms with E-state index in [4.69, 9.17) is 0 Å². The third kappa shape index (κ3) is 5.14. The summed E-state index contributed by atoms with van der Waals surface area (Å²) in [7, 11) is 0. The number of hydrogen-bond acceptors (Lipinski definition) is 0. The van der Waals surface area contributed by atoms with E-state index in [9.17, 15) is 0 Å². The molecular formula is C48H32. The highest BCUT2D eigenvalue weighted by atomic mass is 14.2. The van der Waals surface area contributed by atoms with Crippen molar-refractivity contribution in [3.63, 3.8) is 0 Å². The summed E-state index contributed by atoms with van der Waals surface area (Å²) in [4.78, 5) is 0. The summed E-state index contributed by atoms with van der Waals surface area (Å²) in [6.45, 7) is 0.